The average Bonchev–Trinajstić information content (AvgIpc) is 2.90. The van der Waals surface area contributed by atoms with Crippen molar-refractivity contribution in [1.82, 2.24) is 9.55 Å². The van der Waals surface area contributed by atoms with Crippen molar-refractivity contribution in [2.24, 2.45) is 0 Å². The van der Waals surface area contributed by atoms with Crippen LogP contribution in [0.5, 0.6) is 5.75 Å². The normalized spacial score (nSPS) is 18.0. The second-order valence-electron chi connectivity index (χ2n) is 6.71. The molecule has 2 heterocycles. The summed E-state index contributed by atoms with van der Waals surface area (Å²) in [6.07, 6.45) is 2.18. The van der Waals surface area contributed by atoms with Crippen LogP contribution in [-0.2, 0) is 12.0 Å². The summed E-state index contributed by atoms with van der Waals surface area (Å²) >= 11 is 0. The van der Waals surface area contributed by atoms with E-state index in [-0.39, 0.29) is 5.41 Å². The molecule has 0 saturated heterocycles. The predicted molar refractivity (Wildman–Crippen MR) is 85.2 cm³/mol. The van der Waals surface area contributed by atoms with Crippen molar-refractivity contribution in [3.8, 4) is 5.75 Å². The number of benzene rings is 1. The van der Waals surface area contributed by atoms with Crippen molar-refractivity contribution in [2.45, 2.75) is 38.6 Å². The fourth-order valence-corrected chi connectivity index (χ4v) is 2.69. The van der Waals surface area contributed by atoms with Crippen LogP contribution in [0, 0.1) is 0 Å². The SMILES string of the molecule is COc1cccc(C2CNc3nc(C(C)(C)C)cn3C2)c1. The van der Waals surface area contributed by atoms with Gasteiger partial charge in [-0.25, -0.2) is 4.98 Å². The molecule has 4 nitrogen and oxygen atoms in total. The Morgan fingerprint density at radius 2 is 2.14 bits per heavy atom. The largest absolute Gasteiger partial charge is 0.497 e. The summed E-state index contributed by atoms with van der Waals surface area (Å²) in [6.45, 7) is 8.45. The lowest BCUT2D eigenvalue weighted by Gasteiger charge is -2.25. The lowest BCUT2D eigenvalue weighted by molar-refractivity contribution is 0.413. The third-order valence-corrected chi connectivity index (χ3v) is 4.03. The maximum atomic E-state index is 5.32. The average molecular weight is 285 g/mol. The van der Waals surface area contributed by atoms with Crippen LogP contribution >= 0.6 is 0 Å². The van der Waals surface area contributed by atoms with Gasteiger partial charge in [0.1, 0.15) is 5.75 Å². The van der Waals surface area contributed by atoms with E-state index in [0.717, 1.165) is 30.5 Å². The van der Waals surface area contributed by atoms with E-state index in [2.05, 4.69) is 55.1 Å². The highest BCUT2D eigenvalue weighted by molar-refractivity contribution is 5.38. The van der Waals surface area contributed by atoms with Gasteiger partial charge in [0.2, 0.25) is 5.95 Å². The van der Waals surface area contributed by atoms with E-state index in [1.54, 1.807) is 7.11 Å². The third kappa shape index (κ3) is 2.75. The quantitative estimate of drug-likeness (QED) is 0.919. The summed E-state index contributed by atoms with van der Waals surface area (Å²) in [5.41, 5.74) is 2.52. The molecule has 1 atom stereocenters. The number of hydrogen-bond donors (Lipinski definition) is 1. The fraction of sp³-hybridized carbons (Fsp3) is 0.471. The first-order valence-electron chi connectivity index (χ1n) is 7.43. The summed E-state index contributed by atoms with van der Waals surface area (Å²) in [7, 11) is 1.71. The molecule has 0 fully saturated rings. The van der Waals surface area contributed by atoms with Crippen LogP contribution < -0.4 is 10.1 Å². The highest BCUT2D eigenvalue weighted by atomic mass is 16.5. The standard InChI is InChI=1S/C17H23N3O/c1-17(2,3)15-11-20-10-13(9-18-16(20)19-15)12-6-5-7-14(8-12)21-4/h5-8,11,13H,9-10H2,1-4H3,(H,18,19). The van der Waals surface area contributed by atoms with Crippen molar-refractivity contribution in [1.29, 1.82) is 0 Å². The van der Waals surface area contributed by atoms with Gasteiger partial charge in [-0.2, -0.15) is 0 Å². The van der Waals surface area contributed by atoms with Gasteiger partial charge in [0.15, 0.2) is 0 Å². The van der Waals surface area contributed by atoms with Gasteiger partial charge in [0, 0.05) is 30.6 Å². The van der Waals surface area contributed by atoms with Gasteiger partial charge in [0.25, 0.3) is 0 Å². The molecule has 21 heavy (non-hydrogen) atoms. The Balaban J connectivity index is 1.85. The van der Waals surface area contributed by atoms with Gasteiger partial charge in [0.05, 0.1) is 12.8 Å². The number of ether oxygens (including phenoxy) is 1. The molecule has 1 aromatic carbocycles. The van der Waals surface area contributed by atoms with Crippen LogP contribution in [0.1, 0.15) is 37.9 Å². The van der Waals surface area contributed by atoms with Crippen molar-refractivity contribution >= 4 is 5.95 Å². The third-order valence-electron chi connectivity index (χ3n) is 4.03. The molecule has 0 aliphatic carbocycles. The van der Waals surface area contributed by atoms with Gasteiger partial charge < -0.3 is 14.6 Å². The zero-order chi connectivity index (χ0) is 15.0. The Hall–Kier alpha value is -1.97. The van der Waals surface area contributed by atoms with Crippen molar-refractivity contribution in [3.05, 3.63) is 41.7 Å². The first kappa shape index (κ1) is 14.0. The number of hydrogen-bond acceptors (Lipinski definition) is 3. The number of nitrogens with zero attached hydrogens (tertiary/aromatic N) is 2. The molecule has 4 heteroatoms. The highest BCUT2D eigenvalue weighted by Gasteiger charge is 2.25. The molecule has 2 aromatic rings. The number of methoxy groups -OCH3 is 1. The number of imidazole rings is 1. The molecule has 3 rings (SSSR count). The first-order chi connectivity index (χ1) is 9.97. The van der Waals surface area contributed by atoms with Crippen LogP contribution in [0.15, 0.2) is 30.5 Å². The summed E-state index contributed by atoms with van der Waals surface area (Å²) in [6, 6.07) is 8.33. The number of fused-ring (bicyclic) bond motifs is 1. The van der Waals surface area contributed by atoms with E-state index in [1.165, 1.54) is 5.56 Å². The van der Waals surface area contributed by atoms with Crippen LogP contribution in [-0.4, -0.2) is 23.2 Å². The van der Waals surface area contributed by atoms with E-state index in [0.29, 0.717) is 5.92 Å². The second-order valence-corrected chi connectivity index (χ2v) is 6.71. The van der Waals surface area contributed by atoms with E-state index in [4.69, 9.17) is 9.72 Å². The summed E-state index contributed by atoms with van der Waals surface area (Å²) in [5.74, 6) is 2.34. The van der Waals surface area contributed by atoms with E-state index in [1.807, 2.05) is 6.07 Å². The zero-order valence-corrected chi connectivity index (χ0v) is 13.2. The molecule has 1 unspecified atom stereocenters. The second kappa shape index (κ2) is 5.10. The molecule has 1 aliphatic rings. The molecule has 1 N–H and O–H groups in total. The lowest BCUT2D eigenvalue weighted by atomic mass is 9.93. The minimum absolute atomic E-state index is 0.0808. The van der Waals surface area contributed by atoms with Crippen LogP contribution in [0.4, 0.5) is 5.95 Å². The molecule has 0 saturated carbocycles. The minimum Gasteiger partial charge on any atom is -0.497 e. The maximum Gasteiger partial charge on any atom is 0.203 e. The van der Waals surface area contributed by atoms with Gasteiger partial charge in [-0.15, -0.1) is 0 Å². The molecule has 0 radical (unpaired) electrons. The predicted octanol–water partition coefficient (Wildman–Crippen LogP) is 3.40. The van der Waals surface area contributed by atoms with E-state index >= 15 is 0 Å². The van der Waals surface area contributed by atoms with Gasteiger partial charge in [-0.3, -0.25) is 0 Å². The van der Waals surface area contributed by atoms with Crippen molar-refractivity contribution in [2.75, 3.05) is 19.0 Å². The Morgan fingerprint density at radius 3 is 2.86 bits per heavy atom. The van der Waals surface area contributed by atoms with Crippen molar-refractivity contribution < 1.29 is 4.74 Å². The van der Waals surface area contributed by atoms with Crippen LogP contribution in [0.2, 0.25) is 0 Å². The first-order valence-corrected chi connectivity index (χ1v) is 7.43. The van der Waals surface area contributed by atoms with Gasteiger partial charge in [-0.05, 0) is 17.7 Å². The Kier molecular flexibility index (Phi) is 3.40. The fourth-order valence-electron chi connectivity index (χ4n) is 2.69. The van der Waals surface area contributed by atoms with E-state index < -0.39 is 0 Å². The highest BCUT2D eigenvalue weighted by Crippen LogP contribution is 2.30. The molecule has 1 aromatic heterocycles. The molecule has 0 bridgehead atoms. The molecule has 0 amide bonds. The summed E-state index contributed by atoms with van der Waals surface area (Å²) in [5, 5.41) is 3.45. The van der Waals surface area contributed by atoms with Gasteiger partial charge in [-0.1, -0.05) is 32.9 Å². The Bertz CT molecular complexity index is 640. The van der Waals surface area contributed by atoms with E-state index in [9.17, 15) is 0 Å². The molecule has 112 valence electrons. The molecular formula is C17H23N3O. The minimum atomic E-state index is 0.0808. The van der Waals surface area contributed by atoms with Crippen molar-refractivity contribution in [3.63, 3.8) is 0 Å². The zero-order valence-electron chi connectivity index (χ0n) is 13.2. The number of nitrogens with one attached hydrogen (secondary N) is 1. The van der Waals surface area contributed by atoms with Gasteiger partial charge >= 0.3 is 0 Å². The molecule has 1 aliphatic heterocycles. The van der Waals surface area contributed by atoms with Crippen LogP contribution in [0.3, 0.4) is 0 Å². The maximum absolute atomic E-state index is 5.32. The number of anilines is 1. The number of aromatic nitrogens is 2. The molecular weight excluding hydrogens is 262 g/mol. The topological polar surface area (TPSA) is 39.1 Å². The smallest absolute Gasteiger partial charge is 0.203 e. The monoisotopic (exact) mass is 285 g/mol. The molecule has 0 spiro atoms. The lowest BCUT2D eigenvalue weighted by Crippen LogP contribution is -2.25. The van der Waals surface area contributed by atoms with Crippen LogP contribution in [0.25, 0.3) is 0 Å². The Labute approximate surface area is 126 Å². The summed E-state index contributed by atoms with van der Waals surface area (Å²) < 4.78 is 7.55. The number of rotatable bonds is 2. The Morgan fingerprint density at radius 1 is 1.33 bits per heavy atom. The summed E-state index contributed by atoms with van der Waals surface area (Å²) in [4.78, 5) is 4.71.